The second-order valence-corrected chi connectivity index (χ2v) is 5.08. The van der Waals surface area contributed by atoms with Crippen LogP contribution in [0.2, 0.25) is 0 Å². The molecule has 1 unspecified atom stereocenters. The first-order chi connectivity index (χ1) is 6.63. The van der Waals surface area contributed by atoms with Gasteiger partial charge in [0, 0.05) is 18.0 Å². The largest absolute Gasteiger partial charge is 0.481 e. The van der Waals surface area contributed by atoms with Gasteiger partial charge >= 0.3 is 5.97 Å². The first-order valence-corrected chi connectivity index (χ1v) is 5.62. The average molecular weight is 211 g/mol. The molecule has 76 valence electrons. The summed E-state index contributed by atoms with van der Waals surface area (Å²) < 4.78 is 0. The smallest absolute Gasteiger partial charge is 0.310 e. The summed E-state index contributed by atoms with van der Waals surface area (Å²) in [5.74, 6) is -0.334. The van der Waals surface area contributed by atoms with Crippen molar-refractivity contribution < 1.29 is 9.90 Å². The summed E-state index contributed by atoms with van der Waals surface area (Å²) in [7, 11) is 0. The molecule has 0 saturated heterocycles. The summed E-state index contributed by atoms with van der Waals surface area (Å²) in [6, 6.07) is 0. The van der Waals surface area contributed by atoms with Gasteiger partial charge in [-0.2, -0.15) is 0 Å². The van der Waals surface area contributed by atoms with Crippen LogP contribution in [0.4, 0.5) is 0 Å². The van der Waals surface area contributed by atoms with E-state index in [2.05, 4.69) is 4.98 Å². The van der Waals surface area contributed by atoms with Crippen LogP contribution in [0.1, 0.15) is 24.8 Å². The monoisotopic (exact) mass is 211 g/mol. The summed E-state index contributed by atoms with van der Waals surface area (Å²) in [5, 5.41) is 12.0. The Labute approximate surface area is 86.8 Å². The standard InChI is InChI=1S/C10H13NO2S/c1-10(9(12)13,7-2-3-7)6-8-11-4-5-14-8/h4-5,7H,2-3,6H2,1H3,(H,12,13). The molecule has 0 aromatic carbocycles. The van der Waals surface area contributed by atoms with Gasteiger partial charge in [0.25, 0.3) is 0 Å². The molecule has 1 aliphatic carbocycles. The molecule has 0 bridgehead atoms. The predicted octanol–water partition coefficient (Wildman–Crippen LogP) is 2.19. The molecule has 1 saturated carbocycles. The maximum Gasteiger partial charge on any atom is 0.310 e. The molecule has 1 aromatic heterocycles. The van der Waals surface area contributed by atoms with Crippen molar-refractivity contribution in [1.29, 1.82) is 0 Å². The molecule has 2 rings (SSSR count). The van der Waals surface area contributed by atoms with Crippen molar-refractivity contribution in [3.05, 3.63) is 16.6 Å². The van der Waals surface area contributed by atoms with Crippen LogP contribution in [0.5, 0.6) is 0 Å². The van der Waals surface area contributed by atoms with E-state index in [1.165, 1.54) is 11.3 Å². The highest BCUT2D eigenvalue weighted by molar-refractivity contribution is 7.09. The van der Waals surface area contributed by atoms with Gasteiger partial charge in [-0.15, -0.1) is 11.3 Å². The lowest BCUT2D eigenvalue weighted by molar-refractivity contribution is -0.149. The van der Waals surface area contributed by atoms with Crippen molar-refractivity contribution in [2.75, 3.05) is 0 Å². The summed E-state index contributed by atoms with van der Waals surface area (Å²) in [4.78, 5) is 15.4. The highest BCUT2D eigenvalue weighted by atomic mass is 32.1. The third kappa shape index (κ3) is 1.66. The zero-order valence-electron chi connectivity index (χ0n) is 8.06. The number of hydrogen-bond acceptors (Lipinski definition) is 3. The quantitative estimate of drug-likeness (QED) is 0.830. The van der Waals surface area contributed by atoms with Crippen molar-refractivity contribution in [3.8, 4) is 0 Å². The fraction of sp³-hybridized carbons (Fsp3) is 0.600. The average Bonchev–Trinajstić information content (AvgIpc) is 2.87. The topological polar surface area (TPSA) is 50.2 Å². The number of aromatic nitrogens is 1. The molecule has 0 radical (unpaired) electrons. The Morgan fingerprint density at radius 2 is 2.50 bits per heavy atom. The molecule has 0 amide bonds. The molecule has 1 fully saturated rings. The van der Waals surface area contributed by atoms with Crippen molar-refractivity contribution >= 4 is 17.3 Å². The van der Waals surface area contributed by atoms with Crippen LogP contribution in [-0.2, 0) is 11.2 Å². The zero-order valence-corrected chi connectivity index (χ0v) is 8.88. The van der Waals surface area contributed by atoms with Gasteiger partial charge in [0.05, 0.1) is 10.4 Å². The molecule has 1 heterocycles. The van der Waals surface area contributed by atoms with Crippen LogP contribution < -0.4 is 0 Å². The van der Waals surface area contributed by atoms with E-state index in [1.54, 1.807) is 6.20 Å². The minimum atomic E-state index is -0.685. The Morgan fingerprint density at radius 3 is 2.93 bits per heavy atom. The number of carboxylic acid groups (broad SMARTS) is 1. The first-order valence-electron chi connectivity index (χ1n) is 4.74. The fourth-order valence-electron chi connectivity index (χ4n) is 1.77. The van der Waals surface area contributed by atoms with Gasteiger partial charge in [0.2, 0.25) is 0 Å². The minimum Gasteiger partial charge on any atom is -0.481 e. The molecule has 1 atom stereocenters. The molecule has 1 aliphatic rings. The van der Waals surface area contributed by atoms with E-state index in [4.69, 9.17) is 0 Å². The van der Waals surface area contributed by atoms with E-state index in [0.29, 0.717) is 12.3 Å². The van der Waals surface area contributed by atoms with Crippen molar-refractivity contribution in [2.45, 2.75) is 26.2 Å². The van der Waals surface area contributed by atoms with Gasteiger partial charge in [-0.1, -0.05) is 0 Å². The Kier molecular flexibility index (Phi) is 2.31. The van der Waals surface area contributed by atoms with Crippen molar-refractivity contribution in [3.63, 3.8) is 0 Å². The number of thiazole rings is 1. The molecular weight excluding hydrogens is 198 g/mol. The lowest BCUT2D eigenvalue weighted by Gasteiger charge is -2.23. The SMILES string of the molecule is CC(Cc1nccs1)(C(=O)O)C1CC1. The van der Waals surface area contributed by atoms with E-state index < -0.39 is 11.4 Å². The van der Waals surface area contributed by atoms with Gasteiger partial charge in [0.15, 0.2) is 0 Å². The van der Waals surface area contributed by atoms with E-state index in [9.17, 15) is 9.90 Å². The second-order valence-electron chi connectivity index (χ2n) is 4.10. The third-order valence-corrected chi connectivity index (χ3v) is 3.75. The summed E-state index contributed by atoms with van der Waals surface area (Å²) in [5.41, 5.74) is -0.599. The molecule has 4 heteroatoms. The second kappa shape index (κ2) is 3.35. The van der Waals surface area contributed by atoms with Crippen LogP contribution >= 0.6 is 11.3 Å². The highest BCUT2D eigenvalue weighted by Gasteiger charge is 2.47. The summed E-state index contributed by atoms with van der Waals surface area (Å²) >= 11 is 1.54. The Hall–Kier alpha value is -0.900. The third-order valence-electron chi connectivity index (χ3n) is 2.97. The van der Waals surface area contributed by atoms with Crippen LogP contribution in [-0.4, -0.2) is 16.1 Å². The van der Waals surface area contributed by atoms with Crippen LogP contribution in [0.15, 0.2) is 11.6 Å². The fourth-order valence-corrected chi connectivity index (χ4v) is 2.55. The normalized spacial score (nSPS) is 20.4. The Bertz CT molecular complexity index is 332. The van der Waals surface area contributed by atoms with Gasteiger partial charge < -0.3 is 5.11 Å². The van der Waals surface area contributed by atoms with Gasteiger partial charge in [0.1, 0.15) is 0 Å². The lowest BCUT2D eigenvalue weighted by Crippen LogP contribution is -2.32. The summed E-state index contributed by atoms with van der Waals surface area (Å²) in [6.07, 6.45) is 4.40. The molecule has 0 spiro atoms. The first kappa shape index (κ1) is 9.65. The Balaban J connectivity index is 2.15. The number of aliphatic carboxylic acids is 1. The zero-order chi connectivity index (χ0) is 10.2. The minimum absolute atomic E-state index is 0.351. The Morgan fingerprint density at radius 1 is 1.79 bits per heavy atom. The maximum absolute atomic E-state index is 11.2. The molecule has 3 nitrogen and oxygen atoms in total. The highest BCUT2D eigenvalue weighted by Crippen LogP contribution is 2.47. The molecule has 1 aromatic rings. The van der Waals surface area contributed by atoms with Crippen LogP contribution in [0.25, 0.3) is 0 Å². The van der Waals surface area contributed by atoms with E-state index in [-0.39, 0.29) is 0 Å². The molecule has 0 aliphatic heterocycles. The molecule has 1 N–H and O–H groups in total. The van der Waals surface area contributed by atoms with E-state index in [0.717, 1.165) is 17.8 Å². The van der Waals surface area contributed by atoms with E-state index >= 15 is 0 Å². The number of rotatable bonds is 4. The maximum atomic E-state index is 11.2. The van der Waals surface area contributed by atoms with Crippen molar-refractivity contribution in [2.24, 2.45) is 11.3 Å². The lowest BCUT2D eigenvalue weighted by atomic mass is 9.82. The predicted molar refractivity (Wildman–Crippen MR) is 54.3 cm³/mol. The van der Waals surface area contributed by atoms with Crippen LogP contribution in [0.3, 0.4) is 0 Å². The summed E-state index contributed by atoms with van der Waals surface area (Å²) in [6.45, 7) is 1.84. The van der Waals surface area contributed by atoms with Crippen molar-refractivity contribution in [1.82, 2.24) is 4.98 Å². The van der Waals surface area contributed by atoms with Gasteiger partial charge in [-0.25, -0.2) is 4.98 Å². The van der Waals surface area contributed by atoms with Crippen LogP contribution in [0, 0.1) is 11.3 Å². The number of carbonyl (C=O) groups is 1. The number of carboxylic acids is 1. The number of nitrogens with zero attached hydrogens (tertiary/aromatic N) is 1. The molecule has 14 heavy (non-hydrogen) atoms. The molecular formula is C10H13NO2S. The van der Waals surface area contributed by atoms with Gasteiger partial charge in [-0.3, -0.25) is 4.79 Å². The van der Waals surface area contributed by atoms with Gasteiger partial charge in [-0.05, 0) is 25.7 Å². The number of hydrogen-bond donors (Lipinski definition) is 1. The van der Waals surface area contributed by atoms with E-state index in [1.807, 2.05) is 12.3 Å².